The van der Waals surface area contributed by atoms with Crippen LogP contribution in [0.3, 0.4) is 0 Å². The minimum absolute atomic E-state index is 0.00822. The Labute approximate surface area is 168 Å². The van der Waals surface area contributed by atoms with Gasteiger partial charge in [0.1, 0.15) is 5.75 Å². The Kier molecular flexibility index (Phi) is 5.01. The van der Waals surface area contributed by atoms with Gasteiger partial charge in [0.2, 0.25) is 6.33 Å². The average Bonchev–Trinajstić information content (AvgIpc) is 3.40. The van der Waals surface area contributed by atoms with E-state index in [1.54, 1.807) is 0 Å². The van der Waals surface area contributed by atoms with Crippen molar-refractivity contribution in [1.82, 2.24) is 29.5 Å². The topological polar surface area (TPSA) is 143 Å². The summed E-state index contributed by atoms with van der Waals surface area (Å²) >= 11 is 1.09. The van der Waals surface area contributed by atoms with Crippen LogP contribution in [0, 0.1) is 10.1 Å². The minimum atomic E-state index is -2.94. The first kappa shape index (κ1) is 19.3. The summed E-state index contributed by atoms with van der Waals surface area (Å²) in [5, 5.41) is 21.2. The normalized spacial score (nSPS) is 11.2. The number of nitrogens with zero attached hydrogens (tertiary/aromatic N) is 7. The number of hydrogen-bond acceptors (Lipinski definition) is 9. The summed E-state index contributed by atoms with van der Waals surface area (Å²) in [5.41, 5.74) is 0.584. The van der Waals surface area contributed by atoms with Gasteiger partial charge in [0.05, 0.1) is 10.2 Å². The molecule has 30 heavy (non-hydrogen) atoms. The molecule has 0 saturated carbocycles. The third-order valence-corrected chi connectivity index (χ3v) is 4.59. The lowest BCUT2D eigenvalue weighted by molar-refractivity contribution is -0.394. The highest BCUT2D eigenvalue weighted by molar-refractivity contribution is 7.22. The molecule has 0 saturated heterocycles. The molecule has 0 radical (unpaired) electrons. The van der Waals surface area contributed by atoms with Crippen LogP contribution in [0.5, 0.6) is 5.75 Å². The smallest absolute Gasteiger partial charge is 0.435 e. The number of rotatable bonds is 7. The fraction of sp³-hybridized carbons (Fsp3) is 0.133. The molecule has 0 aliphatic rings. The third kappa shape index (κ3) is 4.19. The molecule has 3 aromatic heterocycles. The van der Waals surface area contributed by atoms with E-state index in [2.05, 4.69) is 30.2 Å². The second-order valence-corrected chi connectivity index (χ2v) is 6.73. The number of alkyl halides is 2. The molecule has 0 unspecified atom stereocenters. The Balaban J connectivity index is 1.44. The SMILES string of the molecule is O=C(Nc1nc2ccc(OC(F)F)cc2s1)c1ccn(Cn2cnc([N+](=O)[O-])n2)n1. The first-order valence-corrected chi connectivity index (χ1v) is 8.93. The summed E-state index contributed by atoms with van der Waals surface area (Å²) in [5.74, 6) is -1.09. The van der Waals surface area contributed by atoms with Crippen LogP contribution in [0.1, 0.15) is 10.5 Å². The molecule has 0 fully saturated rings. The monoisotopic (exact) mass is 436 g/mol. The maximum absolute atomic E-state index is 12.4. The molecule has 0 bridgehead atoms. The number of nitrogens with one attached hydrogen (secondary N) is 1. The Morgan fingerprint density at radius 2 is 2.13 bits per heavy atom. The Morgan fingerprint density at radius 3 is 2.87 bits per heavy atom. The number of carbonyl (C=O) groups is 1. The van der Waals surface area contributed by atoms with Gasteiger partial charge in [0.15, 0.2) is 17.5 Å². The number of anilines is 1. The zero-order valence-corrected chi connectivity index (χ0v) is 15.5. The molecular formula is C15H10F2N8O4S. The Bertz CT molecular complexity index is 1240. The van der Waals surface area contributed by atoms with Crippen LogP contribution in [0.15, 0.2) is 36.8 Å². The van der Waals surface area contributed by atoms with Gasteiger partial charge in [-0.3, -0.25) is 10.1 Å². The van der Waals surface area contributed by atoms with Gasteiger partial charge in [-0.05, 0) is 29.2 Å². The van der Waals surface area contributed by atoms with E-state index < -0.39 is 23.4 Å². The van der Waals surface area contributed by atoms with Crippen molar-refractivity contribution in [3.05, 3.63) is 52.6 Å². The summed E-state index contributed by atoms with van der Waals surface area (Å²) in [6, 6.07) is 5.71. The second kappa shape index (κ2) is 7.78. The molecule has 15 heteroatoms. The first-order chi connectivity index (χ1) is 14.4. The minimum Gasteiger partial charge on any atom is -0.435 e. The number of amides is 1. The van der Waals surface area contributed by atoms with E-state index >= 15 is 0 Å². The molecule has 0 atom stereocenters. The van der Waals surface area contributed by atoms with Crippen LogP contribution >= 0.6 is 11.3 Å². The first-order valence-electron chi connectivity index (χ1n) is 8.11. The maximum atomic E-state index is 12.4. The van der Waals surface area contributed by atoms with E-state index in [4.69, 9.17) is 0 Å². The quantitative estimate of drug-likeness (QED) is 0.344. The van der Waals surface area contributed by atoms with Crippen LogP contribution in [0.2, 0.25) is 0 Å². The highest BCUT2D eigenvalue weighted by Gasteiger charge is 2.16. The lowest BCUT2D eigenvalue weighted by Gasteiger charge is -2.02. The van der Waals surface area contributed by atoms with Crippen molar-refractivity contribution in [2.24, 2.45) is 0 Å². The number of fused-ring (bicyclic) bond motifs is 1. The molecule has 1 aromatic carbocycles. The van der Waals surface area contributed by atoms with Crippen molar-refractivity contribution < 1.29 is 23.2 Å². The van der Waals surface area contributed by atoms with E-state index in [-0.39, 0.29) is 23.2 Å². The number of thiazole rings is 1. The van der Waals surface area contributed by atoms with Crippen molar-refractivity contribution in [2.45, 2.75) is 13.3 Å². The van der Waals surface area contributed by atoms with Gasteiger partial charge < -0.3 is 14.9 Å². The number of aromatic nitrogens is 6. The predicted octanol–water partition coefficient (Wildman–Crippen LogP) is 2.35. The van der Waals surface area contributed by atoms with Gasteiger partial charge in [-0.1, -0.05) is 16.3 Å². The standard InChI is InChI=1S/C15H10F2N8O4S/c16-13(17)29-8-1-2-9-11(5-8)30-15(19-9)20-12(26)10-3-4-23(21-10)7-24-6-18-14(22-24)25(27)28/h1-6,13H,7H2,(H,19,20,26). The summed E-state index contributed by atoms with van der Waals surface area (Å²) in [6.07, 6.45) is 2.67. The summed E-state index contributed by atoms with van der Waals surface area (Å²) in [4.78, 5) is 30.0. The van der Waals surface area contributed by atoms with E-state index in [9.17, 15) is 23.7 Å². The largest absolute Gasteiger partial charge is 0.491 e. The van der Waals surface area contributed by atoms with Crippen LogP contribution in [0.4, 0.5) is 19.9 Å². The molecule has 1 N–H and O–H groups in total. The Morgan fingerprint density at radius 1 is 1.30 bits per heavy atom. The highest BCUT2D eigenvalue weighted by Crippen LogP contribution is 2.30. The van der Waals surface area contributed by atoms with E-state index in [0.717, 1.165) is 11.3 Å². The van der Waals surface area contributed by atoms with Crippen LogP contribution < -0.4 is 10.1 Å². The molecule has 3 heterocycles. The predicted molar refractivity (Wildman–Crippen MR) is 98.5 cm³/mol. The maximum Gasteiger partial charge on any atom is 0.491 e. The van der Waals surface area contributed by atoms with E-state index in [1.807, 2.05) is 0 Å². The van der Waals surface area contributed by atoms with Crippen molar-refractivity contribution in [3.8, 4) is 5.75 Å². The summed E-state index contributed by atoms with van der Waals surface area (Å²) in [6.45, 7) is -2.92. The molecule has 1 amide bonds. The molecule has 154 valence electrons. The highest BCUT2D eigenvalue weighted by atomic mass is 32.1. The number of benzene rings is 1. The number of hydrogen-bond donors (Lipinski definition) is 1. The summed E-state index contributed by atoms with van der Waals surface area (Å²) in [7, 11) is 0. The fourth-order valence-electron chi connectivity index (χ4n) is 2.44. The number of carbonyl (C=O) groups excluding carboxylic acids is 1. The molecule has 4 aromatic rings. The van der Waals surface area contributed by atoms with Gasteiger partial charge in [-0.15, -0.1) is 0 Å². The van der Waals surface area contributed by atoms with Gasteiger partial charge in [-0.25, -0.2) is 9.67 Å². The molecule has 0 spiro atoms. The van der Waals surface area contributed by atoms with Gasteiger partial charge in [-0.2, -0.15) is 18.6 Å². The zero-order valence-electron chi connectivity index (χ0n) is 14.7. The lowest BCUT2D eigenvalue weighted by Crippen LogP contribution is -2.14. The molecular weight excluding hydrogens is 426 g/mol. The molecule has 12 nitrogen and oxygen atoms in total. The fourth-order valence-corrected chi connectivity index (χ4v) is 3.33. The van der Waals surface area contributed by atoms with Crippen molar-refractivity contribution in [1.29, 1.82) is 0 Å². The van der Waals surface area contributed by atoms with Crippen molar-refractivity contribution in [2.75, 3.05) is 5.32 Å². The van der Waals surface area contributed by atoms with Gasteiger partial charge in [0.25, 0.3) is 5.91 Å². The summed E-state index contributed by atoms with van der Waals surface area (Å²) < 4.78 is 32.1. The number of halogens is 2. The average molecular weight is 436 g/mol. The van der Waals surface area contributed by atoms with Gasteiger partial charge in [0, 0.05) is 11.3 Å². The third-order valence-electron chi connectivity index (χ3n) is 3.66. The zero-order chi connectivity index (χ0) is 21.3. The molecule has 0 aliphatic carbocycles. The van der Waals surface area contributed by atoms with Crippen LogP contribution in [-0.2, 0) is 6.67 Å². The number of nitro groups is 1. The van der Waals surface area contributed by atoms with Crippen LogP contribution in [-0.4, -0.2) is 47.0 Å². The van der Waals surface area contributed by atoms with Crippen molar-refractivity contribution >= 4 is 38.5 Å². The van der Waals surface area contributed by atoms with E-state index in [0.29, 0.717) is 10.2 Å². The number of ether oxygens (including phenoxy) is 1. The van der Waals surface area contributed by atoms with Gasteiger partial charge >= 0.3 is 12.6 Å². The molecule has 0 aliphatic heterocycles. The van der Waals surface area contributed by atoms with Crippen LogP contribution in [0.25, 0.3) is 10.2 Å². The molecule has 4 rings (SSSR count). The Hall–Kier alpha value is -4.01. The lowest BCUT2D eigenvalue weighted by atomic mass is 10.3. The van der Waals surface area contributed by atoms with E-state index in [1.165, 1.54) is 46.2 Å². The second-order valence-electron chi connectivity index (χ2n) is 5.70. The van der Waals surface area contributed by atoms with Crippen molar-refractivity contribution in [3.63, 3.8) is 0 Å².